The van der Waals surface area contributed by atoms with E-state index in [1.165, 1.54) is 7.11 Å². The van der Waals surface area contributed by atoms with Crippen molar-refractivity contribution in [3.63, 3.8) is 0 Å². The lowest BCUT2D eigenvalue weighted by Gasteiger charge is -2.30. The zero-order valence-electron chi connectivity index (χ0n) is 20.3. The molecule has 4 N–H and O–H groups in total. The van der Waals surface area contributed by atoms with Gasteiger partial charge < -0.3 is 20.9 Å². The Morgan fingerprint density at radius 3 is 2.51 bits per heavy atom. The van der Waals surface area contributed by atoms with Crippen molar-refractivity contribution in [3.05, 3.63) is 35.8 Å². The van der Waals surface area contributed by atoms with Crippen LogP contribution in [0.5, 0.6) is 5.88 Å². The molecular formula is C22H22F7N7O3. The van der Waals surface area contributed by atoms with Gasteiger partial charge in [-0.3, -0.25) is 9.69 Å². The van der Waals surface area contributed by atoms with Crippen LogP contribution >= 0.6 is 0 Å². The van der Waals surface area contributed by atoms with Gasteiger partial charge in [0.05, 0.1) is 24.4 Å². The summed E-state index contributed by atoms with van der Waals surface area (Å²) < 4.78 is 101. The first kappa shape index (κ1) is 28.3. The first-order valence-electron chi connectivity index (χ1n) is 11.2. The maximum absolute atomic E-state index is 14.6. The predicted molar refractivity (Wildman–Crippen MR) is 121 cm³/mol. The number of hydrogen-bond acceptors (Lipinski definition) is 8. The lowest BCUT2D eigenvalue weighted by molar-refractivity contribution is -0.257. The van der Waals surface area contributed by atoms with Crippen molar-refractivity contribution in [2.75, 3.05) is 32.5 Å². The number of nitrogens with zero attached hydrogens (tertiary/aromatic N) is 5. The van der Waals surface area contributed by atoms with Gasteiger partial charge in [-0.1, -0.05) is 0 Å². The quantitative estimate of drug-likeness (QED) is 0.389. The molecule has 0 aliphatic carbocycles. The van der Waals surface area contributed by atoms with E-state index < -0.39 is 66.1 Å². The maximum Gasteiger partial charge on any atom is 0.418 e. The topological polar surface area (TPSA) is 131 Å². The summed E-state index contributed by atoms with van der Waals surface area (Å²) in [5.74, 6) is -1.62. The molecule has 4 rings (SSSR count). The number of halogens is 7. The highest BCUT2D eigenvalue weighted by Crippen LogP contribution is 2.39. The number of amides is 1. The fourth-order valence-electron chi connectivity index (χ4n) is 4.28. The van der Waals surface area contributed by atoms with Gasteiger partial charge in [0.2, 0.25) is 5.88 Å². The molecule has 0 spiro atoms. The molecule has 1 amide bonds. The zero-order chi connectivity index (χ0) is 28.9. The highest BCUT2D eigenvalue weighted by molar-refractivity contribution is 5.98. The number of likely N-dealkylation sites (tertiary alicyclic amines) is 1. The Hall–Kier alpha value is -3.73. The first-order chi connectivity index (χ1) is 18.0. The summed E-state index contributed by atoms with van der Waals surface area (Å²) >= 11 is 0. The number of nitrogens with two attached hydrogens (primary N) is 1. The van der Waals surface area contributed by atoms with Gasteiger partial charge in [-0.25, -0.2) is 18.9 Å². The van der Waals surface area contributed by atoms with Crippen molar-refractivity contribution < 1.29 is 45.4 Å². The summed E-state index contributed by atoms with van der Waals surface area (Å²) in [5, 5.41) is 15.9. The second kappa shape index (κ2) is 9.78. The van der Waals surface area contributed by atoms with E-state index in [4.69, 9.17) is 10.5 Å². The Morgan fingerprint density at radius 1 is 1.21 bits per heavy atom. The lowest BCUT2D eigenvalue weighted by Crippen LogP contribution is -2.51. The molecule has 3 unspecified atom stereocenters. The number of nitrogen functional groups attached to an aromatic ring is 1. The Kier molecular flexibility index (Phi) is 7.09. The van der Waals surface area contributed by atoms with Crippen molar-refractivity contribution in [2.45, 2.75) is 37.1 Å². The van der Waals surface area contributed by atoms with Crippen molar-refractivity contribution in [2.24, 2.45) is 0 Å². The third-order valence-electron chi connectivity index (χ3n) is 6.26. The molecule has 0 saturated carbocycles. The molecule has 17 heteroatoms. The Balaban J connectivity index is 1.63. The molecule has 212 valence electrons. The molecule has 3 aromatic rings. The average Bonchev–Trinajstić information content (AvgIpc) is 3.38. The SMILES string of the molecule is COc1ncc(-c2cc(C(F)(F)F)c3c(N)ncnn23)cc1C(=O)NC1CN(CC(C)(O)C(F)(F)F)CC1F. The number of pyridine rings is 1. The number of ether oxygens (including phenoxy) is 1. The van der Waals surface area contributed by atoms with E-state index in [1.54, 1.807) is 0 Å². The number of anilines is 1. The Morgan fingerprint density at radius 2 is 1.90 bits per heavy atom. The number of alkyl halides is 7. The van der Waals surface area contributed by atoms with Crippen molar-refractivity contribution in [3.8, 4) is 17.1 Å². The molecular weight excluding hydrogens is 543 g/mol. The van der Waals surface area contributed by atoms with Crippen molar-refractivity contribution >= 4 is 17.2 Å². The minimum atomic E-state index is -4.95. The van der Waals surface area contributed by atoms with Gasteiger partial charge in [-0.2, -0.15) is 31.4 Å². The fraction of sp³-hybridized carbons (Fsp3) is 0.455. The molecule has 0 radical (unpaired) electrons. The van der Waals surface area contributed by atoms with Gasteiger partial charge in [0.25, 0.3) is 5.91 Å². The number of aromatic nitrogens is 4. The molecule has 0 bridgehead atoms. The number of methoxy groups -OCH3 is 1. The Labute approximate surface area is 215 Å². The number of carbonyl (C=O) groups is 1. The van der Waals surface area contributed by atoms with E-state index in [-0.39, 0.29) is 29.2 Å². The smallest absolute Gasteiger partial charge is 0.418 e. The molecule has 3 atom stereocenters. The van der Waals surface area contributed by atoms with Gasteiger partial charge in [-0.15, -0.1) is 0 Å². The number of hydrogen-bond donors (Lipinski definition) is 3. The largest absolute Gasteiger partial charge is 0.480 e. The van der Waals surface area contributed by atoms with E-state index in [9.17, 15) is 40.6 Å². The summed E-state index contributed by atoms with van der Waals surface area (Å²) in [5.41, 5.74) is 0.491. The number of rotatable bonds is 6. The molecule has 1 aliphatic rings. The van der Waals surface area contributed by atoms with Gasteiger partial charge in [0, 0.05) is 31.4 Å². The standard InChI is InChI=1S/C22H22F7N7O3/c1-20(38,22(27,28)29)8-35-6-13(23)14(7-35)34-18(37)11-3-10(5-31-19(11)39-2)15-4-12(21(24,25)26)16-17(30)32-9-33-36(15)16/h3-5,9,13-14,38H,6-8H2,1-2H3,(H,34,37)(H2,30,32,33). The lowest BCUT2D eigenvalue weighted by atomic mass is 10.1. The molecule has 1 aliphatic heterocycles. The van der Waals surface area contributed by atoms with Crippen LogP contribution in [0.15, 0.2) is 24.7 Å². The highest BCUT2D eigenvalue weighted by atomic mass is 19.4. The normalized spacial score (nSPS) is 20.3. The maximum atomic E-state index is 14.6. The fourth-order valence-corrected chi connectivity index (χ4v) is 4.28. The monoisotopic (exact) mass is 565 g/mol. The van der Waals surface area contributed by atoms with Crippen LogP contribution in [-0.2, 0) is 6.18 Å². The summed E-state index contributed by atoms with van der Waals surface area (Å²) in [4.78, 5) is 21.6. The van der Waals surface area contributed by atoms with Gasteiger partial charge in [-0.05, 0) is 19.1 Å². The van der Waals surface area contributed by atoms with Crippen LogP contribution in [0.2, 0.25) is 0 Å². The van der Waals surface area contributed by atoms with E-state index >= 15 is 0 Å². The van der Waals surface area contributed by atoms with Gasteiger partial charge in [0.15, 0.2) is 11.4 Å². The third-order valence-corrected chi connectivity index (χ3v) is 6.26. The summed E-state index contributed by atoms with van der Waals surface area (Å²) in [6.45, 7) is -1.19. The minimum absolute atomic E-state index is 0.00405. The second-order valence-electron chi connectivity index (χ2n) is 9.19. The molecule has 1 fully saturated rings. The molecule has 39 heavy (non-hydrogen) atoms. The van der Waals surface area contributed by atoms with Crippen LogP contribution in [-0.4, -0.2) is 86.2 Å². The van der Waals surface area contributed by atoms with Crippen LogP contribution in [0, 0.1) is 0 Å². The van der Waals surface area contributed by atoms with Gasteiger partial charge >= 0.3 is 12.4 Å². The van der Waals surface area contributed by atoms with Crippen LogP contribution in [0.4, 0.5) is 36.6 Å². The predicted octanol–water partition coefficient (Wildman–Crippen LogP) is 2.47. The number of carbonyl (C=O) groups excluding carboxylic acids is 1. The molecule has 1 saturated heterocycles. The van der Waals surface area contributed by atoms with Crippen LogP contribution in [0.1, 0.15) is 22.8 Å². The number of aliphatic hydroxyl groups is 1. The third kappa shape index (κ3) is 5.40. The van der Waals surface area contributed by atoms with Gasteiger partial charge in [0.1, 0.15) is 23.6 Å². The summed E-state index contributed by atoms with van der Waals surface area (Å²) in [6, 6.07) is 0.647. The van der Waals surface area contributed by atoms with Crippen LogP contribution in [0.3, 0.4) is 0 Å². The van der Waals surface area contributed by atoms with Crippen molar-refractivity contribution in [1.82, 2.24) is 29.8 Å². The van der Waals surface area contributed by atoms with Crippen LogP contribution in [0.25, 0.3) is 16.8 Å². The zero-order valence-corrected chi connectivity index (χ0v) is 20.3. The molecule has 10 nitrogen and oxygen atoms in total. The van der Waals surface area contributed by atoms with E-state index in [1.807, 2.05) is 0 Å². The summed E-state index contributed by atoms with van der Waals surface area (Å²) in [6.07, 6.45) is -9.47. The number of β-amino-alcohol motifs (C(OH)–C–C–N with tert-alkyl or cyclic N) is 1. The highest BCUT2D eigenvalue weighted by Gasteiger charge is 2.52. The minimum Gasteiger partial charge on any atom is -0.480 e. The Bertz CT molecular complexity index is 1390. The molecule has 3 aromatic heterocycles. The van der Waals surface area contributed by atoms with E-state index in [0.717, 1.165) is 34.1 Å². The van der Waals surface area contributed by atoms with Crippen LogP contribution < -0.4 is 15.8 Å². The molecule has 0 aromatic carbocycles. The second-order valence-corrected chi connectivity index (χ2v) is 9.19. The van der Waals surface area contributed by atoms with Crippen molar-refractivity contribution in [1.29, 1.82) is 0 Å². The summed E-state index contributed by atoms with van der Waals surface area (Å²) in [7, 11) is 1.18. The van der Waals surface area contributed by atoms with E-state index in [0.29, 0.717) is 6.92 Å². The number of fused-ring (bicyclic) bond motifs is 1. The average molecular weight is 565 g/mol. The number of nitrogens with one attached hydrogen (secondary N) is 1. The van der Waals surface area contributed by atoms with E-state index in [2.05, 4.69) is 20.4 Å². The first-order valence-corrected chi connectivity index (χ1v) is 11.2. The molecule has 4 heterocycles.